The maximum absolute atomic E-state index is 11.0. The van der Waals surface area contributed by atoms with E-state index in [4.69, 9.17) is 11.5 Å². The Bertz CT molecular complexity index is 339. The Kier molecular flexibility index (Phi) is 3.99. The van der Waals surface area contributed by atoms with Crippen LogP contribution in [0.15, 0.2) is 12.4 Å². The third-order valence-electron chi connectivity index (χ3n) is 1.82. The Hall–Kier alpha value is -1.69. The first-order valence-corrected chi connectivity index (χ1v) is 4.71. The van der Waals surface area contributed by atoms with E-state index in [1.54, 1.807) is 0 Å². The van der Waals surface area contributed by atoms with E-state index in [9.17, 15) is 4.79 Å². The Morgan fingerprint density at radius 2 is 2.20 bits per heavy atom. The molecular weight excluding hydrogens is 194 g/mol. The van der Waals surface area contributed by atoms with Crippen molar-refractivity contribution < 1.29 is 4.79 Å². The van der Waals surface area contributed by atoms with Gasteiger partial charge in [0.25, 0.3) is 5.91 Å². The molecule has 1 rings (SSSR count). The minimum absolute atomic E-state index is 0.103. The van der Waals surface area contributed by atoms with Crippen molar-refractivity contribution in [1.82, 2.24) is 9.97 Å². The number of nitrogens with two attached hydrogens (primary N) is 2. The van der Waals surface area contributed by atoms with Crippen molar-refractivity contribution in [2.75, 3.05) is 11.9 Å². The van der Waals surface area contributed by atoms with Crippen LogP contribution in [0.25, 0.3) is 0 Å². The summed E-state index contributed by atoms with van der Waals surface area (Å²) in [5.74, 6) is -0.183. The predicted octanol–water partition coefficient (Wildman–Crippen LogP) is -0.275. The van der Waals surface area contributed by atoms with Gasteiger partial charge in [0, 0.05) is 25.0 Å². The van der Waals surface area contributed by atoms with E-state index in [2.05, 4.69) is 15.3 Å². The molecule has 0 bridgehead atoms. The van der Waals surface area contributed by atoms with Crippen molar-refractivity contribution in [3.63, 3.8) is 0 Å². The van der Waals surface area contributed by atoms with Crippen LogP contribution in [-0.4, -0.2) is 28.5 Å². The van der Waals surface area contributed by atoms with Crippen molar-refractivity contribution >= 4 is 11.7 Å². The van der Waals surface area contributed by atoms with Crippen LogP contribution in [-0.2, 0) is 0 Å². The second kappa shape index (κ2) is 5.26. The van der Waals surface area contributed by atoms with Gasteiger partial charge in [-0.2, -0.15) is 0 Å². The molecule has 0 radical (unpaired) electrons. The summed E-state index contributed by atoms with van der Waals surface area (Å²) in [4.78, 5) is 18.8. The van der Waals surface area contributed by atoms with E-state index < -0.39 is 5.91 Å². The summed E-state index contributed by atoms with van der Waals surface area (Å²) in [7, 11) is 0. The molecule has 1 unspecified atom stereocenters. The number of primary amides is 1. The minimum Gasteiger partial charge on any atom is -0.368 e. The molecular formula is C9H15N5O. The summed E-state index contributed by atoms with van der Waals surface area (Å²) < 4.78 is 0. The molecule has 1 aromatic heterocycles. The predicted molar refractivity (Wildman–Crippen MR) is 57.3 cm³/mol. The van der Waals surface area contributed by atoms with Gasteiger partial charge in [0.05, 0.1) is 0 Å². The molecule has 1 heterocycles. The number of hydrogen-bond donors (Lipinski definition) is 3. The topological polar surface area (TPSA) is 107 Å². The molecule has 0 aliphatic rings. The van der Waals surface area contributed by atoms with E-state index >= 15 is 0 Å². The average Bonchev–Trinajstić information content (AvgIpc) is 2.17. The molecule has 1 amide bonds. The van der Waals surface area contributed by atoms with E-state index in [0.717, 1.165) is 6.42 Å². The maximum Gasteiger partial charge on any atom is 0.271 e. The largest absolute Gasteiger partial charge is 0.368 e. The maximum atomic E-state index is 11.0. The van der Waals surface area contributed by atoms with Crippen LogP contribution in [0, 0.1) is 0 Å². The number of rotatable bonds is 5. The second-order valence-electron chi connectivity index (χ2n) is 3.31. The smallest absolute Gasteiger partial charge is 0.271 e. The average molecular weight is 209 g/mol. The molecule has 82 valence electrons. The number of nitrogens with one attached hydrogen (secondary N) is 1. The highest BCUT2D eigenvalue weighted by Gasteiger charge is 2.09. The van der Waals surface area contributed by atoms with Gasteiger partial charge in [0.1, 0.15) is 0 Å². The summed E-state index contributed by atoms with van der Waals surface area (Å²) in [5, 5.41) is 2.97. The molecule has 6 nitrogen and oxygen atoms in total. The van der Waals surface area contributed by atoms with E-state index in [0.29, 0.717) is 12.4 Å². The van der Waals surface area contributed by atoms with Gasteiger partial charge in [-0.15, -0.1) is 0 Å². The molecule has 15 heavy (non-hydrogen) atoms. The fourth-order valence-electron chi connectivity index (χ4n) is 1.07. The van der Waals surface area contributed by atoms with E-state index in [1.165, 1.54) is 12.4 Å². The van der Waals surface area contributed by atoms with Crippen molar-refractivity contribution in [2.45, 2.75) is 19.4 Å². The van der Waals surface area contributed by atoms with E-state index in [-0.39, 0.29) is 11.7 Å². The lowest BCUT2D eigenvalue weighted by atomic mass is 10.2. The van der Waals surface area contributed by atoms with Gasteiger partial charge in [-0.3, -0.25) is 4.79 Å². The zero-order valence-corrected chi connectivity index (χ0v) is 8.60. The van der Waals surface area contributed by atoms with E-state index in [1.807, 2.05) is 6.92 Å². The normalized spacial score (nSPS) is 12.1. The van der Waals surface area contributed by atoms with Crippen LogP contribution in [0.2, 0.25) is 0 Å². The standard InChI is InChI=1S/C9H15N5O/c1-6(10)2-3-13-9-7(8(11)15)12-4-5-14-9/h4-6H,2-3,10H2,1H3,(H2,11,15)(H,13,14). The lowest BCUT2D eigenvalue weighted by molar-refractivity contribution is 0.0996. The summed E-state index contributed by atoms with van der Waals surface area (Å²) in [5.41, 5.74) is 10.9. The molecule has 0 aromatic carbocycles. The van der Waals surface area contributed by atoms with Crippen molar-refractivity contribution in [1.29, 1.82) is 0 Å². The van der Waals surface area contributed by atoms with Gasteiger partial charge in [0.15, 0.2) is 11.5 Å². The lowest BCUT2D eigenvalue weighted by Crippen LogP contribution is -2.21. The van der Waals surface area contributed by atoms with Crippen LogP contribution < -0.4 is 16.8 Å². The summed E-state index contributed by atoms with van der Waals surface area (Å²) in [6, 6.07) is 0.103. The first-order chi connectivity index (χ1) is 7.11. The fraction of sp³-hybridized carbons (Fsp3) is 0.444. The van der Waals surface area contributed by atoms with Crippen molar-refractivity contribution in [2.24, 2.45) is 11.5 Å². The quantitative estimate of drug-likeness (QED) is 0.618. The molecule has 0 saturated carbocycles. The van der Waals surface area contributed by atoms with Gasteiger partial charge in [-0.05, 0) is 13.3 Å². The first kappa shape index (κ1) is 11.4. The number of carbonyl (C=O) groups is 1. The summed E-state index contributed by atoms with van der Waals surface area (Å²) >= 11 is 0. The third-order valence-corrected chi connectivity index (χ3v) is 1.82. The monoisotopic (exact) mass is 209 g/mol. The van der Waals surface area contributed by atoms with Crippen LogP contribution in [0.3, 0.4) is 0 Å². The minimum atomic E-state index is -0.591. The molecule has 0 aliphatic carbocycles. The Morgan fingerprint density at radius 3 is 2.80 bits per heavy atom. The highest BCUT2D eigenvalue weighted by atomic mass is 16.1. The Balaban J connectivity index is 2.63. The van der Waals surface area contributed by atoms with Crippen LogP contribution in [0.1, 0.15) is 23.8 Å². The molecule has 0 fully saturated rings. The molecule has 0 spiro atoms. The SMILES string of the molecule is CC(N)CCNc1nccnc1C(N)=O. The first-order valence-electron chi connectivity index (χ1n) is 4.71. The van der Waals surface area contributed by atoms with Gasteiger partial charge in [0.2, 0.25) is 0 Å². The van der Waals surface area contributed by atoms with Crippen LogP contribution in [0.4, 0.5) is 5.82 Å². The fourth-order valence-corrected chi connectivity index (χ4v) is 1.07. The number of hydrogen-bond acceptors (Lipinski definition) is 5. The van der Waals surface area contributed by atoms with Gasteiger partial charge >= 0.3 is 0 Å². The molecule has 0 aliphatic heterocycles. The van der Waals surface area contributed by atoms with Gasteiger partial charge < -0.3 is 16.8 Å². The summed E-state index contributed by atoms with van der Waals surface area (Å²) in [6.07, 6.45) is 3.71. The lowest BCUT2D eigenvalue weighted by Gasteiger charge is -2.09. The number of nitrogens with zero attached hydrogens (tertiary/aromatic N) is 2. The molecule has 5 N–H and O–H groups in total. The van der Waals surface area contributed by atoms with Gasteiger partial charge in [-0.25, -0.2) is 9.97 Å². The van der Waals surface area contributed by atoms with Crippen molar-refractivity contribution in [3.8, 4) is 0 Å². The Morgan fingerprint density at radius 1 is 1.53 bits per heavy atom. The number of amides is 1. The number of carbonyl (C=O) groups excluding carboxylic acids is 1. The zero-order valence-electron chi connectivity index (χ0n) is 8.60. The summed E-state index contributed by atoms with van der Waals surface area (Å²) in [6.45, 7) is 2.55. The third kappa shape index (κ3) is 3.51. The van der Waals surface area contributed by atoms with Crippen LogP contribution >= 0.6 is 0 Å². The molecule has 1 aromatic rings. The molecule has 0 saturated heterocycles. The van der Waals surface area contributed by atoms with Crippen LogP contribution in [0.5, 0.6) is 0 Å². The van der Waals surface area contributed by atoms with Crippen molar-refractivity contribution in [3.05, 3.63) is 18.1 Å². The highest BCUT2D eigenvalue weighted by Crippen LogP contribution is 2.06. The second-order valence-corrected chi connectivity index (χ2v) is 3.31. The zero-order chi connectivity index (χ0) is 11.3. The number of aromatic nitrogens is 2. The molecule has 6 heteroatoms. The number of anilines is 1. The highest BCUT2D eigenvalue weighted by molar-refractivity contribution is 5.95. The van der Waals surface area contributed by atoms with Gasteiger partial charge in [-0.1, -0.05) is 0 Å². The molecule has 1 atom stereocenters. The Labute approximate surface area is 88.1 Å².